The van der Waals surface area contributed by atoms with Crippen molar-refractivity contribution in [2.24, 2.45) is 17.3 Å². The highest BCUT2D eigenvalue weighted by Crippen LogP contribution is 2.36. The summed E-state index contributed by atoms with van der Waals surface area (Å²) in [5.74, 6) is -4.92. The first-order valence-corrected chi connectivity index (χ1v) is 5.26. The number of carbonyl (C=O) groups excluding carboxylic acids is 2. The van der Waals surface area contributed by atoms with Crippen LogP contribution in [0.25, 0.3) is 0 Å². The van der Waals surface area contributed by atoms with Crippen LogP contribution in [0.4, 0.5) is 0 Å². The van der Waals surface area contributed by atoms with Crippen LogP contribution in [0.5, 0.6) is 0 Å². The fourth-order valence-electron chi connectivity index (χ4n) is 2.14. The zero-order chi connectivity index (χ0) is 13.6. The third kappa shape index (κ3) is 2.95. The summed E-state index contributed by atoms with van der Waals surface area (Å²) in [5.41, 5.74) is -2.12. The molecule has 0 N–H and O–H groups in total. The molecule has 0 spiro atoms. The van der Waals surface area contributed by atoms with Crippen molar-refractivity contribution in [2.45, 2.75) is 13.8 Å². The second-order valence-electron chi connectivity index (χ2n) is 4.16. The number of carboxylic acids is 2. The standard InChI is InChI=1S/C11H20O6/c1-7(5-16-3)11(9(12)13,10(14)15)8(2)6-17-4/h7-8H,5-6H2,1-4H3,(H,12,13)(H,14,15)/p-2. The molecule has 0 saturated heterocycles. The lowest BCUT2D eigenvalue weighted by molar-refractivity contribution is -0.352. The van der Waals surface area contributed by atoms with Crippen molar-refractivity contribution in [3.05, 3.63) is 0 Å². The molecule has 0 radical (unpaired) electrons. The molecule has 0 saturated carbocycles. The quantitative estimate of drug-likeness (QED) is 0.461. The molecule has 0 rings (SSSR count). The zero-order valence-electron chi connectivity index (χ0n) is 10.5. The van der Waals surface area contributed by atoms with Gasteiger partial charge in [-0.2, -0.15) is 0 Å². The van der Waals surface area contributed by atoms with Crippen molar-refractivity contribution < 1.29 is 29.3 Å². The van der Waals surface area contributed by atoms with Gasteiger partial charge in [0.1, 0.15) is 0 Å². The van der Waals surface area contributed by atoms with Gasteiger partial charge < -0.3 is 29.3 Å². The van der Waals surface area contributed by atoms with Gasteiger partial charge in [-0.05, 0) is 11.8 Å². The number of hydrogen-bond acceptors (Lipinski definition) is 6. The Hall–Kier alpha value is -1.14. The first-order valence-electron chi connectivity index (χ1n) is 5.26. The molecule has 6 nitrogen and oxygen atoms in total. The maximum absolute atomic E-state index is 11.3. The first-order chi connectivity index (χ1) is 7.85. The molecule has 17 heavy (non-hydrogen) atoms. The third-order valence-electron chi connectivity index (χ3n) is 3.06. The molecule has 0 amide bonds. The molecule has 0 aliphatic carbocycles. The van der Waals surface area contributed by atoms with Crippen LogP contribution in [-0.4, -0.2) is 39.4 Å². The van der Waals surface area contributed by atoms with Gasteiger partial charge >= 0.3 is 0 Å². The van der Waals surface area contributed by atoms with Crippen molar-refractivity contribution in [1.82, 2.24) is 0 Å². The summed E-state index contributed by atoms with van der Waals surface area (Å²) in [6.07, 6.45) is 0. The van der Waals surface area contributed by atoms with Crippen LogP contribution in [0, 0.1) is 17.3 Å². The highest BCUT2D eigenvalue weighted by Gasteiger charge is 2.44. The maximum Gasteiger partial charge on any atom is 0.0589 e. The lowest BCUT2D eigenvalue weighted by Gasteiger charge is -2.45. The third-order valence-corrected chi connectivity index (χ3v) is 3.06. The van der Waals surface area contributed by atoms with Gasteiger partial charge in [-0.15, -0.1) is 0 Å². The highest BCUT2D eigenvalue weighted by molar-refractivity contribution is 5.97. The molecule has 0 heterocycles. The smallest absolute Gasteiger partial charge is 0.0589 e. The van der Waals surface area contributed by atoms with E-state index in [9.17, 15) is 19.8 Å². The van der Waals surface area contributed by atoms with Crippen molar-refractivity contribution in [2.75, 3.05) is 27.4 Å². The second-order valence-corrected chi connectivity index (χ2v) is 4.16. The highest BCUT2D eigenvalue weighted by atomic mass is 16.5. The van der Waals surface area contributed by atoms with Gasteiger partial charge in [0, 0.05) is 14.2 Å². The van der Waals surface area contributed by atoms with E-state index in [2.05, 4.69) is 0 Å². The second kappa shape index (κ2) is 6.56. The Bertz CT molecular complexity index is 247. The molecule has 2 unspecified atom stereocenters. The van der Waals surface area contributed by atoms with Gasteiger partial charge in [0.25, 0.3) is 0 Å². The Balaban J connectivity index is 5.42. The number of aliphatic carboxylic acids is 2. The van der Waals surface area contributed by atoms with Crippen LogP contribution < -0.4 is 10.2 Å². The van der Waals surface area contributed by atoms with Crippen molar-refractivity contribution in [3.8, 4) is 0 Å². The molecular formula is C11H18O6-2. The maximum atomic E-state index is 11.3. The van der Waals surface area contributed by atoms with E-state index < -0.39 is 29.2 Å². The lowest BCUT2D eigenvalue weighted by atomic mass is 9.68. The number of ether oxygens (including phenoxy) is 2. The molecule has 2 atom stereocenters. The predicted octanol–water partition coefficient (Wildman–Crippen LogP) is -1.96. The zero-order valence-corrected chi connectivity index (χ0v) is 10.5. The number of methoxy groups -OCH3 is 2. The average molecular weight is 246 g/mol. The fourth-order valence-corrected chi connectivity index (χ4v) is 2.14. The molecule has 0 fully saturated rings. The van der Waals surface area contributed by atoms with Gasteiger partial charge in [0.2, 0.25) is 0 Å². The molecule has 6 heteroatoms. The summed E-state index contributed by atoms with van der Waals surface area (Å²) in [6.45, 7) is 2.91. The largest absolute Gasteiger partial charge is 0.549 e. The van der Waals surface area contributed by atoms with Gasteiger partial charge in [-0.1, -0.05) is 13.8 Å². The van der Waals surface area contributed by atoms with Crippen LogP contribution in [0.2, 0.25) is 0 Å². The van der Waals surface area contributed by atoms with Gasteiger partial charge in [-0.3, -0.25) is 0 Å². The number of rotatable bonds is 8. The van der Waals surface area contributed by atoms with E-state index in [4.69, 9.17) is 9.47 Å². The Morgan fingerprint density at radius 3 is 1.47 bits per heavy atom. The van der Waals surface area contributed by atoms with Crippen LogP contribution in [0.1, 0.15) is 13.8 Å². The SMILES string of the molecule is COCC(C)C(C(=O)[O-])(C(=O)[O-])C(C)COC. The normalized spacial score (nSPS) is 15.3. The molecular weight excluding hydrogens is 228 g/mol. The van der Waals surface area contributed by atoms with Crippen LogP contribution >= 0.6 is 0 Å². The van der Waals surface area contributed by atoms with Crippen molar-refractivity contribution in [1.29, 1.82) is 0 Å². The van der Waals surface area contributed by atoms with Gasteiger partial charge in [0.05, 0.1) is 30.6 Å². The molecule has 0 bridgehead atoms. The Labute approximate surface area is 101 Å². The van der Waals surface area contributed by atoms with Crippen LogP contribution in [0.3, 0.4) is 0 Å². The molecule has 0 aliphatic rings. The van der Waals surface area contributed by atoms with Gasteiger partial charge in [-0.25, -0.2) is 0 Å². The van der Waals surface area contributed by atoms with E-state index in [0.29, 0.717) is 0 Å². The molecule has 0 aromatic carbocycles. The van der Waals surface area contributed by atoms with Crippen LogP contribution in [-0.2, 0) is 19.1 Å². The lowest BCUT2D eigenvalue weighted by Crippen LogP contribution is -2.62. The van der Waals surface area contributed by atoms with E-state index in [-0.39, 0.29) is 13.2 Å². The average Bonchev–Trinajstić information content (AvgIpc) is 2.17. The summed E-state index contributed by atoms with van der Waals surface area (Å²) < 4.78 is 9.63. The Morgan fingerprint density at radius 1 is 1.00 bits per heavy atom. The monoisotopic (exact) mass is 246 g/mol. The minimum atomic E-state index is -2.12. The first kappa shape index (κ1) is 15.9. The predicted molar refractivity (Wildman–Crippen MR) is 54.5 cm³/mol. The van der Waals surface area contributed by atoms with E-state index >= 15 is 0 Å². The number of carboxylic acid groups (broad SMARTS) is 2. The van der Waals surface area contributed by atoms with Crippen molar-refractivity contribution in [3.63, 3.8) is 0 Å². The summed E-state index contributed by atoms with van der Waals surface area (Å²) in [7, 11) is 2.74. The number of carbonyl (C=O) groups is 2. The molecule has 100 valence electrons. The van der Waals surface area contributed by atoms with Gasteiger partial charge in [0.15, 0.2) is 0 Å². The van der Waals surface area contributed by atoms with Crippen molar-refractivity contribution >= 4 is 11.9 Å². The number of hydrogen-bond donors (Lipinski definition) is 0. The summed E-state index contributed by atoms with van der Waals surface area (Å²) >= 11 is 0. The Morgan fingerprint density at radius 2 is 1.29 bits per heavy atom. The molecule has 0 aromatic rings. The minimum Gasteiger partial charge on any atom is -0.549 e. The molecule has 0 aromatic heterocycles. The molecule has 0 aliphatic heterocycles. The Kier molecular flexibility index (Phi) is 6.12. The summed E-state index contributed by atoms with van der Waals surface area (Å²) in [6, 6.07) is 0. The topological polar surface area (TPSA) is 98.7 Å². The van der Waals surface area contributed by atoms with Crippen LogP contribution in [0.15, 0.2) is 0 Å². The van der Waals surface area contributed by atoms with E-state index in [1.54, 1.807) is 0 Å². The minimum absolute atomic E-state index is 0.0178. The fraction of sp³-hybridized carbons (Fsp3) is 0.818. The summed E-state index contributed by atoms with van der Waals surface area (Å²) in [5, 5.41) is 22.5. The van der Waals surface area contributed by atoms with E-state index in [1.807, 2.05) is 0 Å². The van der Waals surface area contributed by atoms with E-state index in [1.165, 1.54) is 28.1 Å². The van der Waals surface area contributed by atoms with E-state index in [0.717, 1.165) is 0 Å². The summed E-state index contributed by atoms with van der Waals surface area (Å²) in [4.78, 5) is 22.5.